The number of rotatable bonds is 4. The topological polar surface area (TPSA) is 51.4 Å². The molecular weight excluding hydrogens is 308 g/mol. The van der Waals surface area contributed by atoms with Crippen molar-refractivity contribution < 1.29 is 0 Å². The molecule has 2 aromatic carbocycles. The first-order valence-corrected chi connectivity index (χ1v) is 7.65. The summed E-state index contributed by atoms with van der Waals surface area (Å²) in [4.78, 5) is 6.33. The number of benzene rings is 2. The van der Waals surface area contributed by atoms with Gasteiger partial charge in [0.2, 0.25) is 0 Å². The highest BCUT2D eigenvalue weighted by molar-refractivity contribution is 6.30. The molecule has 0 spiro atoms. The van der Waals surface area contributed by atoms with Gasteiger partial charge in [-0.25, -0.2) is 0 Å². The van der Waals surface area contributed by atoms with Crippen molar-refractivity contribution in [2.75, 3.05) is 14.1 Å². The Morgan fingerprint density at radius 2 is 1.96 bits per heavy atom. The molecule has 0 aliphatic heterocycles. The third-order valence-corrected chi connectivity index (χ3v) is 3.62. The van der Waals surface area contributed by atoms with Crippen molar-refractivity contribution in [3.05, 3.63) is 70.2 Å². The van der Waals surface area contributed by atoms with Gasteiger partial charge in [-0.3, -0.25) is 4.99 Å². The van der Waals surface area contributed by atoms with E-state index in [2.05, 4.69) is 16.4 Å². The fraction of sp³-hybridized carbons (Fsp3) is 0.222. The summed E-state index contributed by atoms with van der Waals surface area (Å²) in [6.07, 6.45) is 0. The van der Waals surface area contributed by atoms with Crippen LogP contribution >= 0.6 is 11.6 Å². The zero-order valence-corrected chi connectivity index (χ0v) is 14.0. The summed E-state index contributed by atoms with van der Waals surface area (Å²) in [6, 6.07) is 17.5. The lowest BCUT2D eigenvalue weighted by Gasteiger charge is -2.22. The first-order valence-electron chi connectivity index (χ1n) is 7.27. The Morgan fingerprint density at radius 3 is 2.65 bits per heavy atom. The number of nitriles is 1. The average Bonchev–Trinajstić information content (AvgIpc) is 2.55. The lowest BCUT2D eigenvalue weighted by Crippen LogP contribution is -2.38. The minimum atomic E-state index is 0.613. The van der Waals surface area contributed by atoms with Crippen molar-refractivity contribution in [2.45, 2.75) is 13.1 Å². The maximum Gasteiger partial charge on any atom is 0.193 e. The van der Waals surface area contributed by atoms with Crippen molar-refractivity contribution in [1.82, 2.24) is 10.2 Å². The molecule has 0 atom stereocenters. The molecule has 0 heterocycles. The Hall–Kier alpha value is -2.51. The molecule has 0 saturated heterocycles. The van der Waals surface area contributed by atoms with Crippen LogP contribution in [0.3, 0.4) is 0 Å². The van der Waals surface area contributed by atoms with Gasteiger partial charge in [-0.15, -0.1) is 0 Å². The monoisotopic (exact) mass is 326 g/mol. The number of halogens is 1. The lowest BCUT2D eigenvalue weighted by atomic mass is 10.1. The molecule has 0 saturated carbocycles. The Morgan fingerprint density at radius 1 is 1.22 bits per heavy atom. The molecule has 0 radical (unpaired) electrons. The van der Waals surface area contributed by atoms with Crippen LogP contribution in [0.4, 0.5) is 0 Å². The fourth-order valence-corrected chi connectivity index (χ4v) is 2.51. The standard InChI is InChI=1S/C18H19ClN4/c1-21-18(22-12-15-6-3-5-14(9-15)11-20)23(2)13-16-7-4-8-17(19)10-16/h3-10H,12-13H2,1-2H3,(H,21,22). The number of guanidine groups is 1. The molecule has 23 heavy (non-hydrogen) atoms. The molecule has 0 amide bonds. The molecule has 2 rings (SSSR count). The van der Waals surface area contributed by atoms with Crippen LogP contribution in [0.25, 0.3) is 0 Å². The molecule has 5 heteroatoms. The molecule has 0 fully saturated rings. The van der Waals surface area contributed by atoms with Crippen LogP contribution in [-0.2, 0) is 13.1 Å². The zero-order chi connectivity index (χ0) is 16.7. The largest absolute Gasteiger partial charge is 0.352 e. The first kappa shape index (κ1) is 16.9. The van der Waals surface area contributed by atoms with E-state index in [0.29, 0.717) is 18.7 Å². The molecule has 0 aliphatic carbocycles. The second-order valence-electron chi connectivity index (χ2n) is 5.20. The van der Waals surface area contributed by atoms with E-state index in [0.717, 1.165) is 22.1 Å². The highest BCUT2D eigenvalue weighted by Crippen LogP contribution is 2.12. The van der Waals surface area contributed by atoms with Gasteiger partial charge in [-0.2, -0.15) is 5.26 Å². The molecule has 0 unspecified atom stereocenters. The summed E-state index contributed by atoms with van der Waals surface area (Å²) in [7, 11) is 3.73. The highest BCUT2D eigenvalue weighted by atomic mass is 35.5. The summed E-state index contributed by atoms with van der Waals surface area (Å²) in [5.41, 5.74) is 2.82. The average molecular weight is 327 g/mol. The molecule has 2 aromatic rings. The Kier molecular flexibility index (Phi) is 6.02. The van der Waals surface area contributed by atoms with Crippen LogP contribution in [-0.4, -0.2) is 25.0 Å². The van der Waals surface area contributed by atoms with Crippen LogP contribution in [0.1, 0.15) is 16.7 Å². The summed E-state index contributed by atoms with van der Waals surface area (Å²) in [5.74, 6) is 0.785. The second-order valence-corrected chi connectivity index (χ2v) is 5.64. The smallest absolute Gasteiger partial charge is 0.193 e. The highest BCUT2D eigenvalue weighted by Gasteiger charge is 2.07. The van der Waals surface area contributed by atoms with E-state index in [-0.39, 0.29) is 0 Å². The van der Waals surface area contributed by atoms with Crippen molar-refractivity contribution in [3.63, 3.8) is 0 Å². The third kappa shape index (κ3) is 5.01. The van der Waals surface area contributed by atoms with Crippen LogP contribution in [0.5, 0.6) is 0 Å². The SMILES string of the molecule is CN=C(NCc1cccc(C#N)c1)N(C)Cc1cccc(Cl)c1. The predicted octanol–water partition coefficient (Wildman–Crippen LogP) is 3.42. The zero-order valence-electron chi connectivity index (χ0n) is 13.3. The number of nitrogens with zero attached hydrogens (tertiary/aromatic N) is 3. The normalized spacial score (nSPS) is 11.0. The molecule has 0 bridgehead atoms. The predicted molar refractivity (Wildman–Crippen MR) is 94.3 cm³/mol. The van der Waals surface area contributed by atoms with Crippen LogP contribution in [0.2, 0.25) is 5.02 Å². The quantitative estimate of drug-likeness (QED) is 0.692. The number of nitrogens with one attached hydrogen (secondary N) is 1. The van der Waals surface area contributed by atoms with E-state index in [4.69, 9.17) is 16.9 Å². The maximum absolute atomic E-state index is 8.95. The van der Waals surface area contributed by atoms with Crippen molar-refractivity contribution in [1.29, 1.82) is 5.26 Å². The van der Waals surface area contributed by atoms with Crippen LogP contribution < -0.4 is 5.32 Å². The molecule has 4 nitrogen and oxygen atoms in total. The Bertz CT molecular complexity index is 734. The number of hydrogen-bond acceptors (Lipinski definition) is 2. The molecular formula is C18H19ClN4. The van der Waals surface area contributed by atoms with Gasteiger partial charge < -0.3 is 10.2 Å². The molecule has 0 aromatic heterocycles. The van der Waals surface area contributed by atoms with E-state index < -0.39 is 0 Å². The molecule has 118 valence electrons. The van der Waals surface area contributed by atoms with Gasteiger partial charge in [0.05, 0.1) is 11.6 Å². The fourth-order valence-electron chi connectivity index (χ4n) is 2.30. The van der Waals surface area contributed by atoms with Gasteiger partial charge >= 0.3 is 0 Å². The second kappa shape index (κ2) is 8.21. The van der Waals surface area contributed by atoms with Gasteiger partial charge in [0.1, 0.15) is 0 Å². The Labute approximate surface area is 142 Å². The maximum atomic E-state index is 8.95. The summed E-state index contributed by atoms with van der Waals surface area (Å²) < 4.78 is 0. The van der Waals surface area contributed by atoms with Crippen LogP contribution in [0.15, 0.2) is 53.5 Å². The summed E-state index contributed by atoms with van der Waals surface area (Å²) in [5, 5.41) is 13.0. The van der Waals surface area contributed by atoms with Crippen molar-refractivity contribution >= 4 is 17.6 Å². The van der Waals surface area contributed by atoms with Gasteiger partial charge in [0.15, 0.2) is 5.96 Å². The summed E-state index contributed by atoms with van der Waals surface area (Å²) in [6.45, 7) is 1.32. The van der Waals surface area contributed by atoms with E-state index in [1.54, 1.807) is 13.1 Å². The summed E-state index contributed by atoms with van der Waals surface area (Å²) >= 11 is 6.02. The van der Waals surface area contributed by atoms with Crippen molar-refractivity contribution in [3.8, 4) is 6.07 Å². The lowest BCUT2D eigenvalue weighted by molar-refractivity contribution is 0.476. The minimum absolute atomic E-state index is 0.613. The van der Waals surface area contributed by atoms with Gasteiger partial charge in [0, 0.05) is 32.2 Å². The van der Waals surface area contributed by atoms with E-state index in [1.165, 1.54) is 0 Å². The van der Waals surface area contributed by atoms with Crippen molar-refractivity contribution in [2.24, 2.45) is 4.99 Å². The molecule has 0 aliphatic rings. The molecule has 1 N–H and O–H groups in total. The third-order valence-electron chi connectivity index (χ3n) is 3.39. The number of aliphatic imine (C=N–C) groups is 1. The van der Waals surface area contributed by atoms with Crippen LogP contribution in [0, 0.1) is 11.3 Å². The Balaban J connectivity index is 1.98. The minimum Gasteiger partial charge on any atom is -0.352 e. The number of hydrogen-bond donors (Lipinski definition) is 1. The first-order chi connectivity index (χ1) is 11.1. The van der Waals surface area contributed by atoms with Gasteiger partial charge in [-0.05, 0) is 35.4 Å². The van der Waals surface area contributed by atoms with Gasteiger partial charge in [-0.1, -0.05) is 35.9 Å². The van der Waals surface area contributed by atoms with Gasteiger partial charge in [0.25, 0.3) is 0 Å². The van der Waals surface area contributed by atoms with E-state index >= 15 is 0 Å². The van der Waals surface area contributed by atoms with E-state index in [9.17, 15) is 0 Å². The van der Waals surface area contributed by atoms with E-state index in [1.807, 2.05) is 54.4 Å².